The van der Waals surface area contributed by atoms with E-state index in [4.69, 9.17) is 29.4 Å². The molecule has 6 rings (SSSR count). The van der Waals surface area contributed by atoms with Crippen molar-refractivity contribution in [3.8, 4) is 0 Å². The van der Waals surface area contributed by atoms with Crippen LogP contribution in [0.15, 0.2) is 59.0 Å². The van der Waals surface area contributed by atoms with Crippen molar-refractivity contribution in [2.75, 3.05) is 23.7 Å². The summed E-state index contributed by atoms with van der Waals surface area (Å²) in [6, 6.07) is 5.88. The van der Waals surface area contributed by atoms with E-state index >= 15 is 0 Å². The van der Waals surface area contributed by atoms with Gasteiger partial charge in [0, 0.05) is 60.7 Å². The lowest BCUT2D eigenvalue weighted by Gasteiger charge is -2.42. The highest BCUT2D eigenvalue weighted by molar-refractivity contribution is 7.99. The zero-order valence-electron chi connectivity index (χ0n) is 18.8. The molecule has 1 spiro atoms. The van der Waals surface area contributed by atoms with Crippen molar-refractivity contribution < 1.29 is 1.37 Å². The maximum Gasteiger partial charge on any atom is 0.211 e. The third kappa shape index (κ3) is 3.34. The van der Waals surface area contributed by atoms with E-state index < -0.39 is 0 Å². The van der Waals surface area contributed by atoms with Gasteiger partial charge in [0.15, 0.2) is 5.65 Å². The molecule has 0 bridgehead atoms. The first kappa shape index (κ1) is 19.6. The highest BCUT2D eigenvalue weighted by atomic mass is 35.5. The first-order chi connectivity index (χ1) is 16.5. The topological polar surface area (TPSA) is 111 Å². The van der Waals surface area contributed by atoms with Gasteiger partial charge in [0.25, 0.3) is 0 Å². The van der Waals surface area contributed by atoms with Crippen molar-refractivity contribution in [1.82, 2.24) is 24.3 Å². The SMILES string of the molecule is [2H]c1cnc2c(Sc3ccnc(N)c3Cl)cnc(N3CCC4(CC3)Cc3ncccc3C4N)n12. The molecular weight excluding hydrogens is 456 g/mol. The van der Waals surface area contributed by atoms with E-state index in [0.717, 1.165) is 53.8 Å². The van der Waals surface area contributed by atoms with E-state index in [2.05, 4.69) is 25.9 Å². The van der Waals surface area contributed by atoms with Crippen LogP contribution in [0, 0.1) is 5.41 Å². The molecule has 0 radical (unpaired) electrons. The highest BCUT2D eigenvalue weighted by Gasteiger charge is 2.46. The zero-order chi connectivity index (χ0) is 23.4. The minimum atomic E-state index is 0.00244. The average molecular weight is 480 g/mol. The molecule has 33 heavy (non-hydrogen) atoms. The van der Waals surface area contributed by atoms with Crippen molar-refractivity contribution >= 4 is 40.8 Å². The number of hydrogen-bond donors (Lipinski definition) is 2. The molecule has 1 fully saturated rings. The van der Waals surface area contributed by atoms with Crippen LogP contribution in [0.1, 0.15) is 31.5 Å². The Hall–Kier alpha value is -2.88. The maximum atomic E-state index is 8.48. The Morgan fingerprint density at radius 2 is 1.94 bits per heavy atom. The summed E-state index contributed by atoms with van der Waals surface area (Å²) in [6.07, 6.45) is 9.90. The van der Waals surface area contributed by atoms with Crippen LogP contribution < -0.4 is 16.4 Å². The standard InChI is InChI=1S/C23H23ClN8S/c24-18-16(3-7-28-20(18)26)33-17-13-30-22(32-11-8-29-21(17)32)31-9-4-23(5-10-31)12-15-14(19(23)25)2-1-6-27-15/h1-3,6-8,11,13,19H,4-5,9-10,12,25H2,(H2,26,28)/i11D. The predicted octanol–water partition coefficient (Wildman–Crippen LogP) is 3.75. The zero-order valence-corrected chi connectivity index (χ0v) is 19.4. The van der Waals surface area contributed by atoms with E-state index in [-0.39, 0.29) is 23.4 Å². The predicted molar refractivity (Wildman–Crippen MR) is 130 cm³/mol. The van der Waals surface area contributed by atoms with Gasteiger partial charge in [0.2, 0.25) is 5.95 Å². The largest absolute Gasteiger partial charge is 0.382 e. The first-order valence-electron chi connectivity index (χ1n) is 11.3. The molecule has 2 aliphatic rings. The van der Waals surface area contributed by atoms with Gasteiger partial charge in [0.1, 0.15) is 5.82 Å². The highest BCUT2D eigenvalue weighted by Crippen LogP contribution is 2.50. The molecule has 1 aliphatic heterocycles. The molecule has 0 aromatic carbocycles. The van der Waals surface area contributed by atoms with Crippen LogP contribution in [0.25, 0.3) is 5.65 Å². The van der Waals surface area contributed by atoms with Gasteiger partial charge in [-0.3, -0.25) is 9.38 Å². The number of nitrogens with two attached hydrogens (primary N) is 2. The Morgan fingerprint density at radius 1 is 1.09 bits per heavy atom. The third-order valence-electron chi connectivity index (χ3n) is 6.89. The maximum absolute atomic E-state index is 8.48. The smallest absolute Gasteiger partial charge is 0.211 e. The number of nitrogens with zero attached hydrogens (tertiary/aromatic N) is 6. The number of fused-ring (bicyclic) bond motifs is 2. The second kappa shape index (κ2) is 7.86. The van der Waals surface area contributed by atoms with Crippen LogP contribution >= 0.6 is 23.4 Å². The number of anilines is 2. The summed E-state index contributed by atoms with van der Waals surface area (Å²) in [6.45, 7) is 1.61. The summed E-state index contributed by atoms with van der Waals surface area (Å²) in [7, 11) is 0. The summed E-state index contributed by atoms with van der Waals surface area (Å²) < 4.78 is 10.3. The lowest BCUT2D eigenvalue weighted by Crippen LogP contribution is -2.45. The van der Waals surface area contributed by atoms with Gasteiger partial charge in [0.05, 0.1) is 11.3 Å². The summed E-state index contributed by atoms with van der Waals surface area (Å²) in [5, 5.41) is 0.400. The molecule has 4 aromatic rings. The Bertz CT molecular complexity index is 1400. The molecule has 1 unspecified atom stereocenters. The minimum absolute atomic E-state index is 0.00244. The average Bonchev–Trinajstić information content (AvgIpc) is 3.36. The lowest BCUT2D eigenvalue weighted by molar-refractivity contribution is 0.186. The fourth-order valence-corrected chi connectivity index (χ4v) is 6.18. The van der Waals surface area contributed by atoms with E-state index in [9.17, 15) is 0 Å². The van der Waals surface area contributed by atoms with Crippen LogP contribution in [0.3, 0.4) is 0 Å². The molecule has 0 saturated carbocycles. The second-order valence-corrected chi connectivity index (χ2v) is 10.1. The lowest BCUT2D eigenvalue weighted by atomic mass is 9.73. The Kier molecular flexibility index (Phi) is 4.66. The summed E-state index contributed by atoms with van der Waals surface area (Å²) in [5.74, 6) is 1.00. The van der Waals surface area contributed by atoms with Gasteiger partial charge in [-0.05, 0) is 42.4 Å². The summed E-state index contributed by atoms with van der Waals surface area (Å²) in [5.41, 5.74) is 15.6. The van der Waals surface area contributed by atoms with Crippen molar-refractivity contribution in [3.05, 3.63) is 65.4 Å². The van der Waals surface area contributed by atoms with Crippen LogP contribution in [-0.4, -0.2) is 37.4 Å². The Labute approximate surface area is 201 Å². The van der Waals surface area contributed by atoms with Gasteiger partial charge in [-0.2, -0.15) is 0 Å². The molecular formula is C23H23ClN8S. The number of aromatic nitrogens is 5. The van der Waals surface area contributed by atoms with Gasteiger partial charge in [-0.25, -0.2) is 15.0 Å². The Morgan fingerprint density at radius 3 is 2.76 bits per heavy atom. The van der Waals surface area contributed by atoms with Gasteiger partial charge >= 0.3 is 0 Å². The fraction of sp³-hybridized carbons (Fsp3) is 0.304. The molecule has 4 N–H and O–H groups in total. The quantitative estimate of drug-likeness (QED) is 0.457. The van der Waals surface area contributed by atoms with E-state index in [0.29, 0.717) is 10.7 Å². The van der Waals surface area contributed by atoms with Crippen molar-refractivity contribution in [2.45, 2.75) is 35.1 Å². The van der Waals surface area contributed by atoms with Crippen LogP contribution in [-0.2, 0) is 6.42 Å². The number of rotatable bonds is 3. The van der Waals surface area contributed by atoms with Crippen LogP contribution in [0.4, 0.5) is 11.8 Å². The van der Waals surface area contributed by atoms with Gasteiger partial charge in [-0.1, -0.05) is 29.4 Å². The van der Waals surface area contributed by atoms with E-state index in [1.807, 2.05) is 12.3 Å². The van der Waals surface area contributed by atoms with E-state index in [1.54, 1.807) is 29.1 Å². The third-order valence-corrected chi connectivity index (χ3v) is 8.46. The van der Waals surface area contributed by atoms with E-state index in [1.165, 1.54) is 17.3 Å². The first-order valence-corrected chi connectivity index (χ1v) is 12.0. The molecule has 168 valence electrons. The fourth-order valence-electron chi connectivity index (χ4n) is 5.05. The van der Waals surface area contributed by atoms with Crippen molar-refractivity contribution in [3.63, 3.8) is 0 Å². The number of nitrogen functional groups attached to an aromatic ring is 1. The molecule has 1 aliphatic carbocycles. The molecule has 10 heteroatoms. The number of pyridine rings is 2. The number of halogens is 1. The molecule has 1 atom stereocenters. The molecule has 1 saturated heterocycles. The normalized spacial score (nSPS) is 19.8. The molecule has 4 aromatic heterocycles. The van der Waals surface area contributed by atoms with Gasteiger partial charge < -0.3 is 16.4 Å². The molecule has 0 amide bonds. The van der Waals surface area contributed by atoms with Crippen LogP contribution in [0.5, 0.6) is 0 Å². The van der Waals surface area contributed by atoms with Crippen molar-refractivity contribution in [2.24, 2.45) is 11.1 Å². The monoisotopic (exact) mass is 479 g/mol. The minimum Gasteiger partial charge on any atom is -0.382 e. The summed E-state index contributed by atoms with van der Waals surface area (Å²) >= 11 is 7.75. The van der Waals surface area contributed by atoms with Gasteiger partial charge in [-0.15, -0.1) is 0 Å². The second-order valence-electron chi connectivity index (χ2n) is 8.62. The number of piperidine rings is 1. The van der Waals surface area contributed by atoms with Crippen LogP contribution in [0.2, 0.25) is 5.02 Å². The Balaban J connectivity index is 1.29. The number of hydrogen-bond acceptors (Lipinski definition) is 8. The molecule has 8 nitrogen and oxygen atoms in total. The van der Waals surface area contributed by atoms with Crippen molar-refractivity contribution in [1.29, 1.82) is 0 Å². The number of imidazole rings is 1. The summed E-state index contributed by atoms with van der Waals surface area (Å²) in [4.78, 5) is 21.6. The molecule has 5 heterocycles.